The highest BCUT2D eigenvalue weighted by molar-refractivity contribution is 7.71. The van der Waals surface area contributed by atoms with Gasteiger partial charge < -0.3 is 9.47 Å². The summed E-state index contributed by atoms with van der Waals surface area (Å²) >= 11 is 5.53. The van der Waals surface area contributed by atoms with E-state index < -0.39 is 0 Å². The quantitative estimate of drug-likeness (QED) is 0.354. The molecule has 0 bridgehead atoms. The van der Waals surface area contributed by atoms with E-state index in [4.69, 9.17) is 17.3 Å². The Morgan fingerprint density at radius 3 is 2.47 bits per heavy atom. The summed E-state index contributed by atoms with van der Waals surface area (Å²) in [6, 6.07) is 20.5. The summed E-state index contributed by atoms with van der Waals surface area (Å²) in [5.74, 6) is 0. The summed E-state index contributed by atoms with van der Waals surface area (Å²) in [6.07, 6.45) is 5.71. The van der Waals surface area contributed by atoms with Crippen LogP contribution in [0.25, 0.3) is 16.9 Å². The third-order valence-electron chi connectivity index (χ3n) is 4.89. The Balaban J connectivity index is 1.62. The van der Waals surface area contributed by atoms with Crippen molar-refractivity contribution in [3.8, 4) is 16.9 Å². The van der Waals surface area contributed by atoms with Crippen molar-refractivity contribution in [1.29, 1.82) is 0 Å². The molecule has 0 amide bonds. The first-order valence-corrected chi connectivity index (χ1v) is 10.3. The first-order valence-electron chi connectivity index (χ1n) is 9.89. The van der Waals surface area contributed by atoms with Crippen LogP contribution in [0.15, 0.2) is 85.8 Å². The number of rotatable bonds is 8. The number of aromatic nitrogens is 5. The summed E-state index contributed by atoms with van der Waals surface area (Å²) in [5, 5.41) is 9.34. The maximum absolute atomic E-state index is 5.53. The third-order valence-corrected chi connectivity index (χ3v) is 5.34. The van der Waals surface area contributed by atoms with Gasteiger partial charge in [0.2, 0.25) is 4.77 Å². The molecule has 6 nitrogen and oxygen atoms in total. The molecule has 2 heterocycles. The number of para-hydroxylation sites is 1. The smallest absolute Gasteiger partial charge is 0.202 e. The fraction of sp³-hybridized carbons (Fsp3) is 0.174. The molecular weight excluding hydrogens is 392 g/mol. The average molecular weight is 418 g/mol. The molecule has 1 N–H and O–H groups in total. The van der Waals surface area contributed by atoms with Gasteiger partial charge in [-0.05, 0) is 24.4 Å². The van der Waals surface area contributed by atoms with Crippen molar-refractivity contribution in [2.24, 2.45) is 0 Å². The lowest BCUT2D eigenvalue weighted by molar-refractivity contribution is -0.917. The number of nitrogens with zero attached hydrogens (tertiary/aromatic N) is 5. The molecule has 2 aromatic heterocycles. The van der Waals surface area contributed by atoms with E-state index in [0.29, 0.717) is 18.0 Å². The molecular formula is C23H25N6S+. The number of allylic oxidation sites excluding steroid dienone is 1. The molecule has 0 aliphatic rings. The van der Waals surface area contributed by atoms with Gasteiger partial charge in [0.05, 0.1) is 18.3 Å². The van der Waals surface area contributed by atoms with E-state index >= 15 is 0 Å². The maximum Gasteiger partial charge on any atom is 0.202 e. The topological polar surface area (TPSA) is 45.0 Å². The monoisotopic (exact) mass is 417 g/mol. The highest BCUT2D eigenvalue weighted by Crippen LogP contribution is 2.23. The molecule has 152 valence electrons. The number of nitrogens with one attached hydrogen (secondary N) is 1. The maximum atomic E-state index is 5.53. The molecule has 1 atom stereocenters. The summed E-state index contributed by atoms with van der Waals surface area (Å²) in [6.45, 7) is 5.91. The Morgan fingerprint density at radius 2 is 1.77 bits per heavy atom. The van der Waals surface area contributed by atoms with Crippen LogP contribution in [-0.2, 0) is 19.8 Å². The van der Waals surface area contributed by atoms with Crippen LogP contribution in [-0.4, -0.2) is 31.2 Å². The highest BCUT2D eigenvalue weighted by Gasteiger charge is 2.17. The standard InChI is InChI=1S/C23H24N6S/c1-3-14-27-17-24-29(23(27)30)18-26(2)15-20-16-28(21-12-8-5-9-13-21)25-22(20)19-10-6-4-7-11-19/h3-13,16-17H,1,14-15,18H2,2H3/p+1. The van der Waals surface area contributed by atoms with Crippen molar-refractivity contribution < 1.29 is 4.90 Å². The molecule has 0 aliphatic carbocycles. The van der Waals surface area contributed by atoms with Gasteiger partial charge in [-0.15, -0.1) is 6.58 Å². The van der Waals surface area contributed by atoms with Crippen LogP contribution >= 0.6 is 12.2 Å². The zero-order chi connectivity index (χ0) is 20.9. The van der Waals surface area contributed by atoms with Crippen molar-refractivity contribution in [1.82, 2.24) is 24.1 Å². The van der Waals surface area contributed by atoms with Crippen LogP contribution in [0, 0.1) is 4.77 Å². The van der Waals surface area contributed by atoms with Gasteiger partial charge in [-0.25, -0.2) is 4.68 Å². The van der Waals surface area contributed by atoms with E-state index in [0.717, 1.165) is 23.5 Å². The SMILES string of the molecule is C=CCn1cnn(C[NH+](C)Cc2cn(-c3ccccc3)nc2-c2ccccc2)c1=S. The number of benzene rings is 2. The van der Waals surface area contributed by atoms with Gasteiger partial charge in [0.25, 0.3) is 0 Å². The lowest BCUT2D eigenvalue weighted by atomic mass is 10.1. The van der Waals surface area contributed by atoms with Crippen LogP contribution in [0.3, 0.4) is 0 Å². The van der Waals surface area contributed by atoms with E-state index in [9.17, 15) is 0 Å². The van der Waals surface area contributed by atoms with Gasteiger partial charge >= 0.3 is 0 Å². The van der Waals surface area contributed by atoms with E-state index in [1.54, 1.807) is 6.33 Å². The Kier molecular flexibility index (Phi) is 6.02. The Hall–Kier alpha value is -3.29. The minimum absolute atomic E-state index is 0.667. The van der Waals surface area contributed by atoms with Crippen molar-refractivity contribution in [3.05, 3.63) is 96.2 Å². The summed E-state index contributed by atoms with van der Waals surface area (Å²) in [7, 11) is 2.14. The Bertz CT molecular complexity index is 1170. The second kappa shape index (κ2) is 9.02. The number of hydrogen-bond donors (Lipinski definition) is 1. The molecule has 7 heteroatoms. The highest BCUT2D eigenvalue weighted by atomic mass is 32.1. The van der Waals surface area contributed by atoms with Crippen LogP contribution in [0.1, 0.15) is 5.56 Å². The predicted octanol–water partition coefficient (Wildman–Crippen LogP) is 3.13. The normalized spacial score (nSPS) is 12.0. The Labute approximate surface area is 181 Å². The largest absolute Gasteiger partial charge is 0.315 e. The lowest BCUT2D eigenvalue weighted by Gasteiger charge is -2.13. The van der Waals surface area contributed by atoms with Crippen LogP contribution in [0.5, 0.6) is 0 Å². The second-order valence-electron chi connectivity index (χ2n) is 7.30. The number of quaternary nitrogens is 1. The van der Waals surface area contributed by atoms with Crippen molar-refractivity contribution in [2.75, 3.05) is 7.05 Å². The molecule has 4 aromatic rings. The van der Waals surface area contributed by atoms with Gasteiger partial charge in [0, 0.05) is 18.3 Å². The van der Waals surface area contributed by atoms with Gasteiger partial charge in [-0.1, -0.05) is 54.6 Å². The predicted molar refractivity (Wildman–Crippen MR) is 121 cm³/mol. The van der Waals surface area contributed by atoms with Crippen LogP contribution in [0.2, 0.25) is 0 Å². The lowest BCUT2D eigenvalue weighted by Crippen LogP contribution is -3.07. The molecule has 2 aromatic carbocycles. The van der Waals surface area contributed by atoms with E-state index in [1.807, 2.05) is 56.4 Å². The zero-order valence-electron chi connectivity index (χ0n) is 17.0. The molecule has 0 saturated carbocycles. The van der Waals surface area contributed by atoms with E-state index in [2.05, 4.69) is 49.2 Å². The second-order valence-corrected chi connectivity index (χ2v) is 7.66. The van der Waals surface area contributed by atoms with Crippen LogP contribution in [0.4, 0.5) is 0 Å². The molecule has 0 spiro atoms. The van der Waals surface area contributed by atoms with Crippen molar-refractivity contribution in [2.45, 2.75) is 19.8 Å². The molecule has 0 fully saturated rings. The minimum atomic E-state index is 0.667. The van der Waals surface area contributed by atoms with Gasteiger partial charge in [-0.3, -0.25) is 0 Å². The minimum Gasteiger partial charge on any atom is -0.315 e. The fourth-order valence-corrected chi connectivity index (χ4v) is 3.71. The fourth-order valence-electron chi connectivity index (χ4n) is 3.47. The number of hydrogen-bond acceptors (Lipinski definition) is 3. The first-order chi connectivity index (χ1) is 14.7. The van der Waals surface area contributed by atoms with Gasteiger partial charge in [-0.2, -0.15) is 14.9 Å². The van der Waals surface area contributed by atoms with E-state index in [-0.39, 0.29) is 0 Å². The summed E-state index contributed by atoms with van der Waals surface area (Å²) < 4.78 is 6.43. The summed E-state index contributed by atoms with van der Waals surface area (Å²) in [5.41, 5.74) is 4.34. The average Bonchev–Trinajstić information content (AvgIpc) is 3.34. The third kappa shape index (κ3) is 4.32. The first kappa shape index (κ1) is 20.0. The van der Waals surface area contributed by atoms with Gasteiger partial charge in [0.1, 0.15) is 18.6 Å². The molecule has 0 aliphatic heterocycles. The van der Waals surface area contributed by atoms with Gasteiger partial charge in [0.15, 0.2) is 6.67 Å². The molecule has 30 heavy (non-hydrogen) atoms. The molecule has 1 unspecified atom stereocenters. The summed E-state index contributed by atoms with van der Waals surface area (Å²) in [4.78, 5) is 1.26. The molecule has 0 saturated heterocycles. The molecule has 4 rings (SSSR count). The molecule has 0 radical (unpaired) electrons. The van der Waals surface area contributed by atoms with E-state index in [1.165, 1.54) is 10.5 Å². The van der Waals surface area contributed by atoms with Crippen LogP contribution < -0.4 is 4.90 Å². The van der Waals surface area contributed by atoms with Crippen molar-refractivity contribution >= 4 is 12.2 Å². The van der Waals surface area contributed by atoms with Crippen molar-refractivity contribution in [3.63, 3.8) is 0 Å². The zero-order valence-corrected chi connectivity index (χ0v) is 17.8. The Morgan fingerprint density at radius 1 is 1.07 bits per heavy atom.